The topological polar surface area (TPSA) is 92.5 Å². The summed E-state index contributed by atoms with van der Waals surface area (Å²) >= 11 is 0. The molecule has 6 N–H and O–H groups in total. The van der Waals surface area contributed by atoms with Gasteiger partial charge in [0.25, 0.3) is 5.84 Å². The van der Waals surface area contributed by atoms with E-state index in [0.29, 0.717) is 5.96 Å². The molecule has 0 aromatic rings. The number of unbranched alkanes of at least 4 members (excludes halogenated alkanes) is 11. The van der Waals surface area contributed by atoms with Gasteiger partial charge in [-0.15, -0.1) is 6.58 Å². The first-order valence-electron chi connectivity index (χ1n) is 13.1. The number of nitrogens with one attached hydrogen (secondary N) is 1. The Labute approximate surface area is 220 Å². The Bertz CT molecular complexity index is 649. The van der Waals surface area contributed by atoms with Gasteiger partial charge in [-0.3, -0.25) is 21.0 Å². The van der Waals surface area contributed by atoms with Crippen LogP contribution in [0.1, 0.15) is 96.3 Å². The molecule has 8 heteroatoms. The van der Waals surface area contributed by atoms with Crippen molar-refractivity contribution in [3.63, 3.8) is 0 Å². The van der Waals surface area contributed by atoms with Gasteiger partial charge in [-0.2, -0.15) is 0 Å². The number of halogens is 2. The summed E-state index contributed by atoms with van der Waals surface area (Å²) in [6.45, 7) is 7.61. The molecule has 0 fully saturated rings. The maximum Gasteiger partial charge on any atom is 0.338 e. The molecule has 0 saturated carbocycles. The van der Waals surface area contributed by atoms with Crippen LogP contribution in [-0.2, 0) is 0 Å². The van der Waals surface area contributed by atoms with Crippen LogP contribution in [0.5, 0.6) is 0 Å². The molecule has 1 atom stereocenters. The molecular weight excluding hydrogens is 469 g/mol. The van der Waals surface area contributed by atoms with E-state index >= 15 is 0 Å². The molecular formula is C26H49Cl2N5O. The van der Waals surface area contributed by atoms with Gasteiger partial charge in [0.1, 0.15) is 0 Å². The maximum atomic E-state index is 11.3. The van der Waals surface area contributed by atoms with Gasteiger partial charge in [0.05, 0.1) is 26.2 Å². The van der Waals surface area contributed by atoms with Crippen LogP contribution in [0.4, 0.5) is 0 Å². The fourth-order valence-corrected chi connectivity index (χ4v) is 4.90. The third-order valence-corrected chi connectivity index (χ3v) is 6.76. The second kappa shape index (κ2) is 19.0. The van der Waals surface area contributed by atoms with Gasteiger partial charge in [-0.05, 0) is 38.2 Å². The first kappa shape index (κ1) is 32.8. The van der Waals surface area contributed by atoms with Crippen LogP contribution in [0.2, 0.25) is 0 Å². The number of guanidine groups is 1. The normalized spacial score (nSPS) is 18.8. The Morgan fingerprint density at radius 2 is 1.62 bits per heavy atom. The molecule has 6 nitrogen and oxygen atoms in total. The van der Waals surface area contributed by atoms with Gasteiger partial charge >= 0.3 is 5.96 Å². The molecule has 0 saturated heterocycles. The van der Waals surface area contributed by atoms with Gasteiger partial charge in [0.15, 0.2) is 0 Å². The van der Waals surface area contributed by atoms with Crippen LogP contribution < -0.4 is 41.3 Å². The highest BCUT2D eigenvalue weighted by atomic mass is 35.5. The first-order chi connectivity index (χ1) is 15.6. The van der Waals surface area contributed by atoms with E-state index in [4.69, 9.17) is 11.5 Å². The quantitative estimate of drug-likeness (QED) is 0.0496. The SMILES string of the molecule is C=CCCCCCCCCCCCCC1(O)C=CC2=[N+](CCCC[NH+]=C(N)N)CCCN21.[Cl-].[Cl-]. The van der Waals surface area contributed by atoms with Crippen molar-refractivity contribution in [1.82, 2.24) is 4.90 Å². The minimum absolute atomic E-state index is 0. The number of fused-ring (bicyclic) bond motifs is 1. The number of hydrogen-bond acceptors (Lipinski definition) is 2. The summed E-state index contributed by atoms with van der Waals surface area (Å²) in [5.74, 6) is 1.49. The van der Waals surface area contributed by atoms with Crippen molar-refractivity contribution in [3.05, 3.63) is 24.8 Å². The molecule has 198 valence electrons. The van der Waals surface area contributed by atoms with E-state index < -0.39 is 5.72 Å². The fraction of sp³-hybridized carbons (Fsp3) is 0.769. The molecule has 0 spiro atoms. The highest BCUT2D eigenvalue weighted by molar-refractivity contribution is 5.92. The van der Waals surface area contributed by atoms with Crippen LogP contribution in [0.15, 0.2) is 24.8 Å². The maximum absolute atomic E-state index is 11.3. The average molecular weight is 519 g/mol. The van der Waals surface area contributed by atoms with Crippen LogP contribution >= 0.6 is 0 Å². The predicted octanol–water partition coefficient (Wildman–Crippen LogP) is -3.63. The van der Waals surface area contributed by atoms with E-state index in [-0.39, 0.29) is 24.8 Å². The molecule has 0 bridgehead atoms. The lowest BCUT2D eigenvalue weighted by atomic mass is 10.0. The highest BCUT2D eigenvalue weighted by Crippen LogP contribution is 2.30. The fourth-order valence-electron chi connectivity index (χ4n) is 4.90. The number of rotatable bonds is 18. The zero-order valence-corrected chi connectivity index (χ0v) is 22.6. The first-order valence-corrected chi connectivity index (χ1v) is 13.1. The number of nitrogens with two attached hydrogens (primary N) is 2. The predicted molar refractivity (Wildman–Crippen MR) is 134 cm³/mol. The largest absolute Gasteiger partial charge is 1.00 e. The summed E-state index contributed by atoms with van der Waals surface area (Å²) in [6.07, 6.45) is 24.5. The van der Waals surface area contributed by atoms with Crippen molar-refractivity contribution in [2.45, 2.75) is 102 Å². The van der Waals surface area contributed by atoms with Crippen LogP contribution in [0.25, 0.3) is 0 Å². The number of amidine groups is 1. The Balaban J connectivity index is 0.00000544. The zero-order valence-electron chi connectivity index (χ0n) is 21.1. The number of aliphatic hydroxyl groups is 1. The third kappa shape index (κ3) is 11.9. The Hall–Kier alpha value is -1.24. The molecule has 0 radical (unpaired) electrons. The smallest absolute Gasteiger partial charge is 0.338 e. The average Bonchev–Trinajstić information content (AvgIpc) is 3.12. The van der Waals surface area contributed by atoms with Gasteiger partial charge in [-0.25, -0.2) is 4.90 Å². The van der Waals surface area contributed by atoms with E-state index in [2.05, 4.69) is 27.1 Å². The number of nitrogens with zero attached hydrogens (tertiary/aromatic N) is 2. The summed E-state index contributed by atoms with van der Waals surface area (Å²) in [6, 6.07) is 0. The van der Waals surface area contributed by atoms with E-state index in [0.717, 1.165) is 64.7 Å². The van der Waals surface area contributed by atoms with Crippen LogP contribution in [0, 0.1) is 0 Å². The second-order valence-corrected chi connectivity index (χ2v) is 9.51. The van der Waals surface area contributed by atoms with E-state index in [9.17, 15) is 5.11 Å². The molecule has 1 unspecified atom stereocenters. The summed E-state index contributed by atoms with van der Waals surface area (Å²) < 4.78 is 2.42. The number of hydrogen-bond donors (Lipinski definition) is 4. The van der Waals surface area contributed by atoms with Crippen LogP contribution in [0.3, 0.4) is 0 Å². The van der Waals surface area contributed by atoms with E-state index in [1.807, 2.05) is 12.2 Å². The Kier molecular flexibility index (Phi) is 18.3. The van der Waals surface area contributed by atoms with Crippen molar-refractivity contribution >= 4 is 11.8 Å². The Morgan fingerprint density at radius 3 is 2.24 bits per heavy atom. The molecule has 0 amide bonds. The van der Waals surface area contributed by atoms with Crippen molar-refractivity contribution in [2.24, 2.45) is 11.5 Å². The van der Waals surface area contributed by atoms with Crippen LogP contribution in [-0.4, -0.2) is 58.3 Å². The minimum Gasteiger partial charge on any atom is -1.00 e. The standard InChI is InChI=1S/C26H48N5O.2ClH/c1-2-3-4-5-6-7-8-9-10-11-12-13-18-26(32)19-17-24-30(22-16-23-31(24)26)21-15-14-20-29-25(27)28;;/h2,17,19,32H,1,3-16,18,20-23H2,(H4,27,28,29);2*1H/q+1;;/p-1. The van der Waals surface area contributed by atoms with Gasteiger partial charge in [0.2, 0.25) is 5.72 Å². The summed E-state index contributed by atoms with van der Waals surface area (Å²) in [5.41, 5.74) is 10.1. The lowest BCUT2D eigenvalue weighted by Crippen LogP contribution is -3.00. The molecule has 0 aliphatic carbocycles. The lowest BCUT2D eigenvalue weighted by molar-refractivity contribution is -0.541. The summed E-state index contributed by atoms with van der Waals surface area (Å²) in [7, 11) is 0. The molecule has 0 aromatic heterocycles. The Morgan fingerprint density at radius 1 is 1.00 bits per heavy atom. The molecule has 2 rings (SSSR count). The molecule has 34 heavy (non-hydrogen) atoms. The van der Waals surface area contributed by atoms with Crippen molar-refractivity contribution in [3.8, 4) is 0 Å². The monoisotopic (exact) mass is 517 g/mol. The third-order valence-electron chi connectivity index (χ3n) is 6.76. The lowest BCUT2D eigenvalue weighted by Gasteiger charge is -2.32. The van der Waals surface area contributed by atoms with Gasteiger partial charge < -0.3 is 29.9 Å². The molecule has 2 aliphatic heterocycles. The van der Waals surface area contributed by atoms with E-state index in [1.54, 1.807) is 0 Å². The minimum atomic E-state index is -0.788. The van der Waals surface area contributed by atoms with Gasteiger partial charge in [0, 0.05) is 18.9 Å². The van der Waals surface area contributed by atoms with Crippen molar-refractivity contribution < 1.29 is 39.5 Å². The number of allylic oxidation sites excluding steroid dienone is 1. The summed E-state index contributed by atoms with van der Waals surface area (Å²) in [4.78, 5) is 5.21. The second-order valence-electron chi connectivity index (χ2n) is 9.51. The molecule has 2 aliphatic rings. The molecule has 0 aromatic carbocycles. The van der Waals surface area contributed by atoms with Crippen molar-refractivity contribution in [2.75, 3.05) is 26.2 Å². The summed E-state index contributed by atoms with van der Waals surface area (Å²) in [5, 5.41) is 11.3. The zero-order chi connectivity index (χ0) is 23.1. The van der Waals surface area contributed by atoms with Gasteiger partial charge in [-0.1, -0.05) is 57.4 Å². The molecule has 2 heterocycles. The van der Waals surface area contributed by atoms with E-state index in [1.165, 1.54) is 63.6 Å². The highest BCUT2D eigenvalue weighted by Gasteiger charge is 2.46. The van der Waals surface area contributed by atoms with Crippen molar-refractivity contribution in [1.29, 1.82) is 0 Å².